The molecule has 15 heavy (non-hydrogen) atoms. The topological polar surface area (TPSA) is 26.0 Å². The van der Waals surface area contributed by atoms with Gasteiger partial charge in [-0.1, -0.05) is 43.6 Å². The molecule has 0 aliphatic heterocycles. The fraction of sp³-hybridized carbons (Fsp3) is 0.500. The summed E-state index contributed by atoms with van der Waals surface area (Å²) in [5.74, 6) is -0.112. The first kappa shape index (κ1) is 12.5. The Morgan fingerprint density at radius 2 is 2.00 bits per heavy atom. The molecule has 0 aliphatic rings. The molecule has 84 valence electrons. The summed E-state index contributed by atoms with van der Waals surface area (Å²) in [6.07, 6.45) is 0.279. The van der Waals surface area contributed by atoms with E-state index in [0.29, 0.717) is 5.02 Å². The minimum atomic E-state index is -1.37. The third-order valence-corrected chi connectivity index (χ3v) is 3.18. The minimum absolute atomic E-state index is 0.0237. The summed E-state index contributed by atoms with van der Waals surface area (Å²) in [6.45, 7) is 3.70. The molecular formula is C12H17ClFN. The smallest absolute Gasteiger partial charge is 0.129 e. The van der Waals surface area contributed by atoms with E-state index in [1.54, 1.807) is 6.07 Å². The lowest BCUT2D eigenvalue weighted by Crippen LogP contribution is -2.40. The highest BCUT2D eigenvalue weighted by molar-refractivity contribution is 6.31. The molecule has 1 aromatic rings. The zero-order chi connectivity index (χ0) is 11.5. The highest BCUT2D eigenvalue weighted by Crippen LogP contribution is 2.28. The number of benzene rings is 1. The van der Waals surface area contributed by atoms with Crippen LogP contribution in [0.25, 0.3) is 0 Å². The zero-order valence-electron chi connectivity index (χ0n) is 9.13. The van der Waals surface area contributed by atoms with Crippen molar-refractivity contribution in [2.75, 3.05) is 6.54 Å². The molecule has 0 saturated heterocycles. The van der Waals surface area contributed by atoms with E-state index in [1.807, 2.05) is 32.0 Å². The summed E-state index contributed by atoms with van der Waals surface area (Å²) in [4.78, 5) is 0. The van der Waals surface area contributed by atoms with E-state index in [1.165, 1.54) is 0 Å². The van der Waals surface area contributed by atoms with E-state index in [2.05, 4.69) is 0 Å². The van der Waals surface area contributed by atoms with Crippen LogP contribution in [0.4, 0.5) is 4.39 Å². The Morgan fingerprint density at radius 1 is 1.40 bits per heavy atom. The van der Waals surface area contributed by atoms with Gasteiger partial charge >= 0.3 is 0 Å². The Kier molecular flexibility index (Phi) is 4.12. The summed E-state index contributed by atoms with van der Waals surface area (Å²) in [6, 6.07) is 7.31. The monoisotopic (exact) mass is 229 g/mol. The fourth-order valence-corrected chi connectivity index (χ4v) is 1.67. The Labute approximate surface area is 95.4 Å². The molecule has 0 amide bonds. The standard InChI is InChI=1S/C12H17ClFN/c1-9(2)12(14,8-15)7-10-5-3-4-6-11(10)13/h3-6,9H,7-8,15H2,1-2H3. The van der Waals surface area contributed by atoms with Crippen molar-refractivity contribution in [3.05, 3.63) is 34.9 Å². The lowest BCUT2D eigenvalue weighted by molar-refractivity contribution is 0.110. The van der Waals surface area contributed by atoms with Crippen molar-refractivity contribution in [1.82, 2.24) is 0 Å². The van der Waals surface area contributed by atoms with E-state index in [9.17, 15) is 4.39 Å². The first-order chi connectivity index (χ1) is 6.99. The van der Waals surface area contributed by atoms with Crippen LogP contribution < -0.4 is 5.73 Å². The molecule has 0 spiro atoms. The van der Waals surface area contributed by atoms with Gasteiger partial charge in [0.15, 0.2) is 0 Å². The molecule has 0 aliphatic carbocycles. The molecule has 1 unspecified atom stereocenters. The van der Waals surface area contributed by atoms with Crippen molar-refractivity contribution in [1.29, 1.82) is 0 Å². The third-order valence-electron chi connectivity index (χ3n) is 2.82. The summed E-state index contributed by atoms with van der Waals surface area (Å²) in [5.41, 5.74) is 4.94. The van der Waals surface area contributed by atoms with Gasteiger partial charge in [-0.3, -0.25) is 0 Å². The van der Waals surface area contributed by atoms with Gasteiger partial charge < -0.3 is 5.73 Å². The van der Waals surface area contributed by atoms with Crippen molar-refractivity contribution in [3.8, 4) is 0 Å². The predicted molar refractivity (Wildman–Crippen MR) is 62.9 cm³/mol. The van der Waals surface area contributed by atoms with Gasteiger partial charge in [-0.25, -0.2) is 4.39 Å². The van der Waals surface area contributed by atoms with E-state index in [0.717, 1.165) is 5.56 Å². The Morgan fingerprint density at radius 3 is 2.47 bits per heavy atom. The number of halogens is 2. The second-order valence-electron chi connectivity index (χ2n) is 4.16. The maximum Gasteiger partial charge on any atom is 0.129 e. The van der Waals surface area contributed by atoms with Gasteiger partial charge in [0.05, 0.1) is 0 Å². The Balaban J connectivity index is 2.89. The van der Waals surface area contributed by atoms with Gasteiger partial charge in [0.1, 0.15) is 5.67 Å². The van der Waals surface area contributed by atoms with Crippen molar-refractivity contribution >= 4 is 11.6 Å². The van der Waals surface area contributed by atoms with Crippen LogP contribution in [0.1, 0.15) is 19.4 Å². The maximum atomic E-state index is 14.3. The summed E-state index contributed by atoms with van der Waals surface area (Å²) in [7, 11) is 0. The predicted octanol–water partition coefficient (Wildman–Crippen LogP) is 3.21. The van der Waals surface area contributed by atoms with Crippen LogP contribution in [-0.2, 0) is 6.42 Å². The van der Waals surface area contributed by atoms with Crippen LogP contribution in [0.3, 0.4) is 0 Å². The van der Waals surface area contributed by atoms with Crippen LogP contribution in [0.2, 0.25) is 5.02 Å². The van der Waals surface area contributed by atoms with Gasteiger partial charge in [-0.2, -0.15) is 0 Å². The Bertz CT molecular complexity index is 327. The number of rotatable bonds is 4. The summed E-state index contributed by atoms with van der Waals surface area (Å²) < 4.78 is 14.3. The number of nitrogens with two attached hydrogens (primary N) is 1. The quantitative estimate of drug-likeness (QED) is 0.843. The van der Waals surface area contributed by atoms with Gasteiger partial charge in [-0.15, -0.1) is 0 Å². The van der Waals surface area contributed by atoms with Gasteiger partial charge in [-0.05, 0) is 17.5 Å². The average molecular weight is 230 g/mol. The molecule has 1 nitrogen and oxygen atoms in total. The van der Waals surface area contributed by atoms with Gasteiger partial charge in [0.2, 0.25) is 0 Å². The maximum absolute atomic E-state index is 14.3. The fourth-order valence-electron chi connectivity index (χ4n) is 1.47. The van der Waals surface area contributed by atoms with E-state index >= 15 is 0 Å². The molecule has 0 bridgehead atoms. The SMILES string of the molecule is CC(C)C(F)(CN)Cc1ccccc1Cl. The first-order valence-corrected chi connectivity index (χ1v) is 5.50. The van der Waals surface area contributed by atoms with Crippen LogP contribution in [0.15, 0.2) is 24.3 Å². The van der Waals surface area contributed by atoms with Crippen molar-refractivity contribution in [3.63, 3.8) is 0 Å². The van der Waals surface area contributed by atoms with Gasteiger partial charge in [0, 0.05) is 18.0 Å². The lowest BCUT2D eigenvalue weighted by Gasteiger charge is -2.28. The molecule has 1 atom stereocenters. The van der Waals surface area contributed by atoms with Crippen LogP contribution in [0.5, 0.6) is 0 Å². The van der Waals surface area contributed by atoms with E-state index < -0.39 is 5.67 Å². The molecule has 0 saturated carbocycles. The average Bonchev–Trinajstić information content (AvgIpc) is 2.21. The first-order valence-electron chi connectivity index (χ1n) is 5.12. The molecule has 1 aromatic carbocycles. The second kappa shape index (κ2) is 4.95. The number of alkyl halides is 1. The highest BCUT2D eigenvalue weighted by Gasteiger charge is 2.32. The van der Waals surface area contributed by atoms with Crippen molar-refractivity contribution in [2.24, 2.45) is 11.7 Å². The normalized spacial score (nSPS) is 15.3. The van der Waals surface area contributed by atoms with Crippen molar-refractivity contribution < 1.29 is 4.39 Å². The molecule has 3 heteroatoms. The lowest BCUT2D eigenvalue weighted by atomic mass is 9.86. The zero-order valence-corrected chi connectivity index (χ0v) is 9.89. The molecule has 0 radical (unpaired) electrons. The van der Waals surface area contributed by atoms with E-state index in [4.69, 9.17) is 17.3 Å². The number of hydrogen-bond donors (Lipinski definition) is 1. The molecule has 0 fully saturated rings. The second-order valence-corrected chi connectivity index (χ2v) is 4.57. The van der Waals surface area contributed by atoms with Crippen LogP contribution in [0, 0.1) is 5.92 Å². The molecule has 2 N–H and O–H groups in total. The largest absolute Gasteiger partial charge is 0.328 e. The Hall–Kier alpha value is -0.600. The minimum Gasteiger partial charge on any atom is -0.328 e. The molecular weight excluding hydrogens is 213 g/mol. The van der Waals surface area contributed by atoms with Crippen LogP contribution >= 0.6 is 11.6 Å². The molecule has 0 aromatic heterocycles. The van der Waals surface area contributed by atoms with Crippen LogP contribution in [-0.4, -0.2) is 12.2 Å². The summed E-state index contributed by atoms with van der Waals surface area (Å²) >= 11 is 5.98. The third kappa shape index (κ3) is 2.93. The summed E-state index contributed by atoms with van der Waals surface area (Å²) in [5, 5.41) is 0.605. The van der Waals surface area contributed by atoms with Gasteiger partial charge in [0.25, 0.3) is 0 Å². The number of hydrogen-bond acceptors (Lipinski definition) is 1. The van der Waals surface area contributed by atoms with Crippen molar-refractivity contribution in [2.45, 2.75) is 25.9 Å². The molecule has 0 heterocycles. The highest BCUT2D eigenvalue weighted by atomic mass is 35.5. The van der Waals surface area contributed by atoms with E-state index in [-0.39, 0.29) is 18.9 Å². The molecule has 1 rings (SSSR count).